The SMILES string of the molecule is Cc1nc(-c2ccc(Cl)c(Cl)c2)n(CC(=O)NC(C)(C#N)C2CC2)n1. The lowest BCUT2D eigenvalue weighted by atomic mass is 9.98. The molecule has 1 amide bonds. The Morgan fingerprint density at radius 3 is 2.76 bits per heavy atom. The number of rotatable bonds is 5. The quantitative estimate of drug-likeness (QED) is 0.865. The molecule has 1 aromatic carbocycles. The van der Waals surface area contributed by atoms with Crippen LogP contribution in [-0.4, -0.2) is 26.2 Å². The summed E-state index contributed by atoms with van der Waals surface area (Å²) in [4.78, 5) is 16.8. The standard InChI is InChI=1S/C17H17Cl2N5O/c1-10-21-16(11-3-6-13(18)14(19)7-11)24(23-10)8-15(25)22-17(2,9-20)12-4-5-12/h3,6-7,12H,4-5,8H2,1-2H3,(H,22,25). The maximum Gasteiger partial charge on any atom is 0.243 e. The Morgan fingerprint density at radius 1 is 1.44 bits per heavy atom. The minimum Gasteiger partial charge on any atom is -0.336 e. The Morgan fingerprint density at radius 2 is 2.16 bits per heavy atom. The summed E-state index contributed by atoms with van der Waals surface area (Å²) in [6.07, 6.45) is 1.92. The van der Waals surface area contributed by atoms with E-state index in [1.54, 1.807) is 32.0 Å². The second-order valence-electron chi connectivity index (χ2n) is 6.41. The van der Waals surface area contributed by atoms with Gasteiger partial charge in [0.2, 0.25) is 5.91 Å². The van der Waals surface area contributed by atoms with E-state index in [0.717, 1.165) is 12.8 Å². The Hall–Kier alpha value is -2.10. The lowest BCUT2D eigenvalue weighted by Gasteiger charge is -2.22. The summed E-state index contributed by atoms with van der Waals surface area (Å²) in [6, 6.07) is 7.35. The van der Waals surface area contributed by atoms with Crippen molar-refractivity contribution in [1.29, 1.82) is 5.26 Å². The summed E-state index contributed by atoms with van der Waals surface area (Å²) < 4.78 is 1.51. The Balaban J connectivity index is 1.82. The molecule has 1 N–H and O–H groups in total. The van der Waals surface area contributed by atoms with Gasteiger partial charge in [0.05, 0.1) is 16.1 Å². The fourth-order valence-electron chi connectivity index (χ4n) is 2.76. The molecule has 25 heavy (non-hydrogen) atoms. The Kier molecular flexibility index (Phi) is 4.72. The highest BCUT2D eigenvalue weighted by Crippen LogP contribution is 2.39. The molecule has 0 radical (unpaired) electrons. The number of hydrogen-bond donors (Lipinski definition) is 1. The largest absolute Gasteiger partial charge is 0.336 e. The number of benzene rings is 1. The molecule has 6 nitrogen and oxygen atoms in total. The van der Waals surface area contributed by atoms with E-state index in [-0.39, 0.29) is 18.4 Å². The van der Waals surface area contributed by atoms with Crippen molar-refractivity contribution in [3.63, 3.8) is 0 Å². The molecule has 0 saturated heterocycles. The van der Waals surface area contributed by atoms with Crippen molar-refractivity contribution in [3.8, 4) is 17.5 Å². The minimum atomic E-state index is -0.837. The molecule has 8 heteroatoms. The normalized spacial score (nSPS) is 16.1. The molecule has 2 aromatic rings. The van der Waals surface area contributed by atoms with E-state index < -0.39 is 5.54 Å². The summed E-state index contributed by atoms with van der Waals surface area (Å²) >= 11 is 12.0. The maximum atomic E-state index is 12.4. The van der Waals surface area contributed by atoms with Gasteiger partial charge >= 0.3 is 0 Å². The molecule has 1 aromatic heterocycles. The van der Waals surface area contributed by atoms with E-state index in [1.807, 2.05) is 0 Å². The van der Waals surface area contributed by atoms with Gasteiger partial charge in [-0.05, 0) is 50.8 Å². The van der Waals surface area contributed by atoms with E-state index in [4.69, 9.17) is 23.2 Å². The van der Waals surface area contributed by atoms with Gasteiger partial charge in [0.15, 0.2) is 5.82 Å². The highest BCUT2D eigenvalue weighted by atomic mass is 35.5. The lowest BCUT2D eigenvalue weighted by Crippen LogP contribution is -2.48. The van der Waals surface area contributed by atoms with E-state index in [9.17, 15) is 10.1 Å². The van der Waals surface area contributed by atoms with Crippen LogP contribution in [0.2, 0.25) is 10.0 Å². The third kappa shape index (κ3) is 3.78. The third-order valence-electron chi connectivity index (χ3n) is 4.27. The lowest BCUT2D eigenvalue weighted by molar-refractivity contribution is -0.123. The number of nitriles is 1. The van der Waals surface area contributed by atoms with Crippen molar-refractivity contribution >= 4 is 29.1 Å². The first-order chi connectivity index (χ1) is 11.8. The fourth-order valence-corrected chi connectivity index (χ4v) is 3.06. The summed E-state index contributed by atoms with van der Waals surface area (Å²) in [5.74, 6) is 1.01. The monoisotopic (exact) mass is 377 g/mol. The van der Waals surface area contributed by atoms with Gasteiger partial charge in [-0.25, -0.2) is 9.67 Å². The van der Waals surface area contributed by atoms with Crippen LogP contribution < -0.4 is 5.32 Å². The summed E-state index contributed by atoms with van der Waals surface area (Å²) in [5, 5.41) is 17.3. The number of halogens is 2. The van der Waals surface area contributed by atoms with Gasteiger partial charge in [-0.3, -0.25) is 4.79 Å². The van der Waals surface area contributed by atoms with Crippen LogP contribution >= 0.6 is 23.2 Å². The van der Waals surface area contributed by atoms with Gasteiger partial charge in [0.1, 0.15) is 17.9 Å². The zero-order chi connectivity index (χ0) is 18.2. The molecule has 0 spiro atoms. The molecule has 1 unspecified atom stereocenters. The van der Waals surface area contributed by atoms with Crippen molar-refractivity contribution < 1.29 is 4.79 Å². The van der Waals surface area contributed by atoms with E-state index in [2.05, 4.69) is 21.5 Å². The van der Waals surface area contributed by atoms with Crippen LogP contribution in [-0.2, 0) is 11.3 Å². The van der Waals surface area contributed by atoms with Crippen molar-refractivity contribution in [2.24, 2.45) is 5.92 Å². The molecule has 1 atom stereocenters. The second kappa shape index (κ2) is 6.66. The number of carbonyl (C=O) groups excluding carboxylic acids is 1. The number of aromatic nitrogens is 3. The molecule has 130 valence electrons. The predicted octanol–water partition coefficient (Wildman–Crippen LogP) is 3.37. The van der Waals surface area contributed by atoms with Crippen LogP contribution in [0.5, 0.6) is 0 Å². The fraction of sp³-hybridized carbons (Fsp3) is 0.412. The van der Waals surface area contributed by atoms with Crippen LogP contribution in [0, 0.1) is 24.2 Å². The van der Waals surface area contributed by atoms with Crippen LogP contribution in [0.4, 0.5) is 0 Å². The van der Waals surface area contributed by atoms with Crippen LogP contribution in [0.25, 0.3) is 11.4 Å². The topological polar surface area (TPSA) is 83.6 Å². The first kappa shape index (κ1) is 17.7. The maximum absolute atomic E-state index is 12.4. The van der Waals surface area contributed by atoms with Crippen LogP contribution in [0.1, 0.15) is 25.6 Å². The number of aryl methyl sites for hydroxylation is 1. The van der Waals surface area contributed by atoms with Gasteiger partial charge in [0.25, 0.3) is 0 Å². The number of carbonyl (C=O) groups is 1. The zero-order valence-electron chi connectivity index (χ0n) is 13.9. The molecule has 0 bridgehead atoms. The molecule has 1 fully saturated rings. The molecular weight excluding hydrogens is 361 g/mol. The van der Waals surface area contributed by atoms with Gasteiger partial charge in [-0.15, -0.1) is 0 Å². The molecule has 1 heterocycles. The van der Waals surface area contributed by atoms with E-state index in [0.29, 0.717) is 27.3 Å². The van der Waals surface area contributed by atoms with E-state index in [1.165, 1.54) is 4.68 Å². The summed E-state index contributed by atoms with van der Waals surface area (Å²) in [7, 11) is 0. The Bertz CT molecular complexity index is 868. The number of hydrogen-bond acceptors (Lipinski definition) is 4. The van der Waals surface area contributed by atoms with Gasteiger partial charge in [-0.1, -0.05) is 23.2 Å². The molecule has 1 aliphatic carbocycles. The van der Waals surface area contributed by atoms with Gasteiger partial charge in [-0.2, -0.15) is 10.4 Å². The van der Waals surface area contributed by atoms with Crippen molar-refractivity contribution in [3.05, 3.63) is 34.1 Å². The van der Waals surface area contributed by atoms with Crippen molar-refractivity contribution in [1.82, 2.24) is 20.1 Å². The molecule has 0 aliphatic heterocycles. The molecule has 1 aliphatic rings. The highest BCUT2D eigenvalue weighted by Gasteiger charge is 2.43. The van der Waals surface area contributed by atoms with Crippen LogP contribution in [0.15, 0.2) is 18.2 Å². The number of nitrogens with one attached hydrogen (secondary N) is 1. The summed E-state index contributed by atoms with van der Waals surface area (Å²) in [6.45, 7) is 3.48. The van der Waals surface area contributed by atoms with Crippen LogP contribution in [0.3, 0.4) is 0 Å². The smallest absolute Gasteiger partial charge is 0.243 e. The van der Waals surface area contributed by atoms with Crippen molar-refractivity contribution in [2.75, 3.05) is 0 Å². The average molecular weight is 378 g/mol. The Labute approximate surface area is 155 Å². The summed E-state index contributed by atoms with van der Waals surface area (Å²) in [5.41, 5.74) is -0.121. The zero-order valence-corrected chi connectivity index (χ0v) is 15.4. The predicted molar refractivity (Wildman–Crippen MR) is 95.1 cm³/mol. The molecular formula is C17H17Cl2N5O. The number of amides is 1. The van der Waals surface area contributed by atoms with Gasteiger partial charge in [0, 0.05) is 5.56 Å². The average Bonchev–Trinajstić information content (AvgIpc) is 3.35. The first-order valence-electron chi connectivity index (χ1n) is 7.91. The molecule has 1 saturated carbocycles. The van der Waals surface area contributed by atoms with Gasteiger partial charge < -0.3 is 5.32 Å². The minimum absolute atomic E-state index is 0.0274. The van der Waals surface area contributed by atoms with Crippen molar-refractivity contribution in [2.45, 2.75) is 38.8 Å². The number of nitrogens with zero attached hydrogens (tertiary/aromatic N) is 4. The first-order valence-corrected chi connectivity index (χ1v) is 8.67. The highest BCUT2D eigenvalue weighted by molar-refractivity contribution is 6.42. The molecule has 3 rings (SSSR count). The van der Waals surface area contributed by atoms with E-state index >= 15 is 0 Å². The second-order valence-corrected chi connectivity index (χ2v) is 7.22. The third-order valence-corrected chi connectivity index (χ3v) is 5.01.